The Hall–Kier alpha value is -3.60. The molecule has 10 heteroatoms. The number of rotatable bonds is 9. The first-order chi connectivity index (χ1) is 19.7. The lowest BCUT2D eigenvalue weighted by molar-refractivity contribution is 0.0489. The fraction of sp³-hybridized carbons (Fsp3) is 0.387. The van der Waals surface area contributed by atoms with Crippen LogP contribution in [0.4, 0.5) is 9.18 Å². The van der Waals surface area contributed by atoms with E-state index in [1.54, 1.807) is 38.2 Å². The standard InChI is InChI=1S/C31H34FN3O5S/c1-31(2,3)40-30(37)33-11-12-38-13-14-39-26-18-22(32)7-9-24(26)28-29-25(10-15-41-29)27(34-35-28)21-5-4-20-17-23(36)8-6-19(20)16-21/h4-5,7,9-10,15-16,18,23,36H,6,8,11-14,17H2,1-3H3,(H,33,37)/t23-/m1/s1. The number of aliphatic hydroxyl groups is 1. The highest BCUT2D eigenvalue weighted by molar-refractivity contribution is 7.17. The second-order valence-corrected chi connectivity index (χ2v) is 11.9. The van der Waals surface area contributed by atoms with Crippen molar-refractivity contribution in [2.75, 3.05) is 26.4 Å². The molecule has 1 aliphatic carbocycles. The van der Waals surface area contributed by atoms with Crippen molar-refractivity contribution < 1.29 is 28.5 Å². The molecule has 1 amide bonds. The van der Waals surface area contributed by atoms with Crippen LogP contribution in [0.15, 0.2) is 47.8 Å². The van der Waals surface area contributed by atoms with E-state index in [0.29, 0.717) is 30.0 Å². The average Bonchev–Trinajstić information content (AvgIpc) is 3.41. The number of alkyl carbamates (subject to hydrolysis) is 1. The topological polar surface area (TPSA) is 103 Å². The molecule has 0 radical (unpaired) electrons. The van der Waals surface area contributed by atoms with Crippen molar-refractivity contribution in [1.29, 1.82) is 0 Å². The molecule has 2 aromatic heterocycles. The second kappa shape index (κ2) is 12.5. The van der Waals surface area contributed by atoms with Crippen LogP contribution in [-0.2, 0) is 22.3 Å². The fourth-order valence-electron chi connectivity index (χ4n) is 4.81. The summed E-state index contributed by atoms with van der Waals surface area (Å²) < 4.78 is 31.8. The number of nitrogens with one attached hydrogen (secondary N) is 1. The number of benzene rings is 2. The summed E-state index contributed by atoms with van der Waals surface area (Å²) in [6, 6.07) is 12.7. The molecule has 8 nitrogen and oxygen atoms in total. The summed E-state index contributed by atoms with van der Waals surface area (Å²) in [5.41, 5.74) is 4.89. The van der Waals surface area contributed by atoms with Crippen LogP contribution in [0.25, 0.3) is 32.6 Å². The third-order valence-corrected chi connectivity index (χ3v) is 7.59. The predicted octanol–water partition coefficient (Wildman–Crippen LogP) is 5.93. The van der Waals surface area contributed by atoms with E-state index in [-0.39, 0.29) is 25.9 Å². The molecule has 1 atom stereocenters. The number of hydrogen-bond acceptors (Lipinski definition) is 8. The number of aromatic nitrogens is 2. The van der Waals surface area contributed by atoms with Crippen LogP contribution < -0.4 is 10.1 Å². The third-order valence-electron chi connectivity index (χ3n) is 6.67. The van der Waals surface area contributed by atoms with Crippen molar-refractivity contribution >= 4 is 27.5 Å². The summed E-state index contributed by atoms with van der Waals surface area (Å²) in [5.74, 6) is -0.0676. The number of thiophene rings is 1. The quantitative estimate of drug-likeness (QED) is 0.237. The largest absolute Gasteiger partial charge is 0.490 e. The molecule has 0 fully saturated rings. The van der Waals surface area contributed by atoms with Gasteiger partial charge in [-0.1, -0.05) is 12.1 Å². The van der Waals surface area contributed by atoms with E-state index in [4.69, 9.17) is 14.2 Å². The minimum atomic E-state index is -0.562. The molecule has 2 heterocycles. The van der Waals surface area contributed by atoms with E-state index in [1.807, 2.05) is 17.5 Å². The minimum Gasteiger partial charge on any atom is -0.490 e. The van der Waals surface area contributed by atoms with Gasteiger partial charge in [0.1, 0.15) is 35.2 Å². The van der Waals surface area contributed by atoms with Gasteiger partial charge < -0.3 is 24.6 Å². The van der Waals surface area contributed by atoms with Gasteiger partial charge in [-0.25, -0.2) is 9.18 Å². The van der Waals surface area contributed by atoms with Crippen molar-refractivity contribution in [3.63, 3.8) is 0 Å². The lowest BCUT2D eigenvalue weighted by atomic mass is 9.88. The summed E-state index contributed by atoms with van der Waals surface area (Å²) in [5, 5.41) is 24.8. The highest BCUT2D eigenvalue weighted by atomic mass is 32.1. The lowest BCUT2D eigenvalue weighted by Gasteiger charge is -2.21. The number of carbonyl (C=O) groups is 1. The Morgan fingerprint density at radius 2 is 1.90 bits per heavy atom. The molecule has 1 aliphatic rings. The molecule has 5 rings (SSSR count). The SMILES string of the molecule is CC(C)(C)OC(=O)NCCOCCOc1cc(F)ccc1-c1nnc(-c2ccc3c(c2)CC[C@@H](O)C3)c2ccsc12. The van der Waals surface area contributed by atoms with E-state index in [1.165, 1.54) is 23.3 Å². The van der Waals surface area contributed by atoms with Gasteiger partial charge in [-0.3, -0.25) is 0 Å². The molecule has 41 heavy (non-hydrogen) atoms. The van der Waals surface area contributed by atoms with Crippen molar-refractivity contribution in [2.24, 2.45) is 0 Å². The van der Waals surface area contributed by atoms with Crippen molar-refractivity contribution in [1.82, 2.24) is 15.5 Å². The van der Waals surface area contributed by atoms with E-state index >= 15 is 0 Å². The van der Waals surface area contributed by atoms with Gasteiger partial charge in [0.25, 0.3) is 0 Å². The summed E-state index contributed by atoms with van der Waals surface area (Å²) in [4.78, 5) is 11.7. The first kappa shape index (κ1) is 28.9. The Balaban J connectivity index is 1.27. The summed E-state index contributed by atoms with van der Waals surface area (Å²) >= 11 is 1.55. The highest BCUT2D eigenvalue weighted by Gasteiger charge is 2.21. The zero-order chi connectivity index (χ0) is 29.0. The number of fused-ring (bicyclic) bond motifs is 2. The fourth-order valence-corrected chi connectivity index (χ4v) is 5.71. The van der Waals surface area contributed by atoms with Crippen molar-refractivity contribution in [3.05, 3.63) is 64.8 Å². The Bertz CT molecular complexity index is 1530. The number of ether oxygens (including phenoxy) is 3. The Kier molecular flexibility index (Phi) is 8.82. The molecular weight excluding hydrogens is 545 g/mol. The molecular formula is C31H34FN3O5S. The van der Waals surface area contributed by atoms with Gasteiger partial charge in [0.2, 0.25) is 0 Å². The third kappa shape index (κ3) is 7.19. The highest BCUT2D eigenvalue weighted by Crippen LogP contribution is 2.40. The number of carbonyl (C=O) groups excluding carboxylic acids is 1. The number of aryl methyl sites for hydroxylation is 1. The van der Waals surface area contributed by atoms with Crippen molar-refractivity contribution in [2.45, 2.75) is 51.7 Å². The van der Waals surface area contributed by atoms with Crippen LogP contribution in [0.2, 0.25) is 0 Å². The van der Waals surface area contributed by atoms with Crippen LogP contribution in [0, 0.1) is 5.82 Å². The Morgan fingerprint density at radius 1 is 1.07 bits per heavy atom. The van der Waals surface area contributed by atoms with Gasteiger partial charge in [0, 0.05) is 29.1 Å². The van der Waals surface area contributed by atoms with E-state index in [9.17, 15) is 14.3 Å². The Morgan fingerprint density at radius 3 is 2.73 bits per heavy atom. The molecule has 216 valence electrons. The van der Waals surface area contributed by atoms with Crippen LogP contribution in [0.3, 0.4) is 0 Å². The number of aliphatic hydroxyl groups excluding tert-OH is 1. The minimum absolute atomic E-state index is 0.186. The maximum Gasteiger partial charge on any atom is 0.407 e. The van der Waals surface area contributed by atoms with E-state index in [2.05, 4.69) is 27.6 Å². The zero-order valence-corrected chi connectivity index (χ0v) is 24.2. The summed E-state index contributed by atoms with van der Waals surface area (Å²) in [7, 11) is 0. The average molecular weight is 580 g/mol. The molecule has 0 aliphatic heterocycles. The van der Waals surface area contributed by atoms with Crippen molar-refractivity contribution in [3.8, 4) is 28.3 Å². The van der Waals surface area contributed by atoms with Crippen LogP contribution >= 0.6 is 11.3 Å². The van der Waals surface area contributed by atoms with Crippen LogP contribution in [-0.4, -0.2) is 59.5 Å². The van der Waals surface area contributed by atoms with Gasteiger partial charge >= 0.3 is 6.09 Å². The second-order valence-electron chi connectivity index (χ2n) is 11.0. The molecule has 0 saturated carbocycles. The Labute approximate surface area is 242 Å². The molecule has 0 spiro atoms. The lowest BCUT2D eigenvalue weighted by Crippen LogP contribution is -2.34. The number of halogens is 1. The molecule has 2 N–H and O–H groups in total. The molecule has 4 aromatic rings. The number of amides is 1. The van der Waals surface area contributed by atoms with Gasteiger partial charge in [0.05, 0.1) is 24.0 Å². The number of hydrogen-bond donors (Lipinski definition) is 2. The van der Waals surface area contributed by atoms with Gasteiger partial charge in [-0.2, -0.15) is 0 Å². The van der Waals surface area contributed by atoms with Gasteiger partial charge in [-0.15, -0.1) is 21.5 Å². The van der Waals surface area contributed by atoms with E-state index < -0.39 is 17.5 Å². The monoisotopic (exact) mass is 579 g/mol. The van der Waals surface area contributed by atoms with Crippen LogP contribution in [0.1, 0.15) is 38.3 Å². The van der Waals surface area contributed by atoms with Crippen LogP contribution in [0.5, 0.6) is 5.75 Å². The normalized spacial score (nSPS) is 15.0. The predicted molar refractivity (Wildman–Crippen MR) is 157 cm³/mol. The van der Waals surface area contributed by atoms with Gasteiger partial charge in [0.15, 0.2) is 0 Å². The number of nitrogens with zero attached hydrogens (tertiary/aromatic N) is 2. The maximum atomic E-state index is 14.2. The molecule has 0 unspecified atom stereocenters. The summed E-state index contributed by atoms with van der Waals surface area (Å²) in [6.45, 7) is 6.41. The smallest absolute Gasteiger partial charge is 0.407 e. The van der Waals surface area contributed by atoms with E-state index in [0.717, 1.165) is 34.2 Å². The first-order valence-corrected chi connectivity index (χ1v) is 14.6. The maximum absolute atomic E-state index is 14.2. The zero-order valence-electron chi connectivity index (χ0n) is 23.4. The molecule has 0 bridgehead atoms. The molecule has 0 saturated heterocycles. The van der Waals surface area contributed by atoms with Gasteiger partial charge in [-0.05, 0) is 80.8 Å². The summed E-state index contributed by atoms with van der Waals surface area (Å²) in [6.07, 6.45) is 1.49. The first-order valence-electron chi connectivity index (χ1n) is 13.7. The molecule has 2 aromatic carbocycles.